The molecule has 1 heterocycles. The monoisotopic (exact) mass is 235 g/mol. The minimum atomic E-state index is 0.0428. The van der Waals surface area contributed by atoms with Crippen LogP contribution in [0.3, 0.4) is 0 Å². The molecule has 0 bridgehead atoms. The summed E-state index contributed by atoms with van der Waals surface area (Å²) in [5.74, 6) is 0.0428. The highest BCUT2D eigenvalue weighted by Gasteiger charge is 2.02. The quantitative estimate of drug-likeness (QED) is 0.742. The fourth-order valence-electron chi connectivity index (χ4n) is 1.40. The Kier molecular flexibility index (Phi) is 5.63. The first-order valence-electron chi connectivity index (χ1n) is 6.04. The van der Waals surface area contributed by atoms with E-state index < -0.39 is 0 Å². The SMILES string of the molecule is Cc1ccc(NC(=O)CCCNC(C)C)cn1. The van der Waals surface area contributed by atoms with E-state index in [-0.39, 0.29) is 5.91 Å². The van der Waals surface area contributed by atoms with Gasteiger partial charge in [0.15, 0.2) is 0 Å². The van der Waals surface area contributed by atoms with Crippen molar-refractivity contribution >= 4 is 11.6 Å². The fraction of sp³-hybridized carbons (Fsp3) is 0.538. The molecule has 4 nitrogen and oxygen atoms in total. The van der Waals surface area contributed by atoms with Crippen LogP contribution in [0.15, 0.2) is 18.3 Å². The van der Waals surface area contributed by atoms with E-state index in [1.165, 1.54) is 0 Å². The molecule has 1 aromatic rings. The first-order chi connectivity index (χ1) is 8.08. The van der Waals surface area contributed by atoms with Crippen molar-refractivity contribution in [1.82, 2.24) is 10.3 Å². The van der Waals surface area contributed by atoms with Gasteiger partial charge in [-0.2, -0.15) is 0 Å². The zero-order valence-corrected chi connectivity index (χ0v) is 10.8. The van der Waals surface area contributed by atoms with Gasteiger partial charge in [0.1, 0.15) is 0 Å². The number of nitrogens with one attached hydrogen (secondary N) is 2. The number of aromatic nitrogens is 1. The van der Waals surface area contributed by atoms with E-state index in [1.807, 2.05) is 19.1 Å². The van der Waals surface area contributed by atoms with E-state index in [0.717, 1.165) is 24.3 Å². The summed E-state index contributed by atoms with van der Waals surface area (Å²) in [7, 11) is 0. The van der Waals surface area contributed by atoms with E-state index in [9.17, 15) is 4.79 Å². The van der Waals surface area contributed by atoms with Crippen LogP contribution in [0.1, 0.15) is 32.4 Å². The van der Waals surface area contributed by atoms with E-state index in [4.69, 9.17) is 0 Å². The van der Waals surface area contributed by atoms with Gasteiger partial charge in [-0.3, -0.25) is 9.78 Å². The Labute approximate surface area is 103 Å². The molecule has 0 radical (unpaired) electrons. The number of rotatable bonds is 6. The molecule has 0 aliphatic carbocycles. The molecule has 1 aromatic heterocycles. The second-order valence-corrected chi connectivity index (χ2v) is 4.45. The Morgan fingerprint density at radius 1 is 1.41 bits per heavy atom. The topological polar surface area (TPSA) is 54.0 Å². The second kappa shape index (κ2) is 7.01. The zero-order valence-electron chi connectivity index (χ0n) is 10.8. The summed E-state index contributed by atoms with van der Waals surface area (Å²) in [5.41, 5.74) is 1.71. The molecule has 2 N–H and O–H groups in total. The second-order valence-electron chi connectivity index (χ2n) is 4.45. The number of hydrogen-bond donors (Lipinski definition) is 2. The lowest BCUT2D eigenvalue weighted by atomic mass is 10.2. The maximum absolute atomic E-state index is 11.6. The Bertz CT molecular complexity index is 346. The predicted octanol–water partition coefficient (Wildman–Crippen LogP) is 2.11. The number of nitrogens with zero attached hydrogens (tertiary/aromatic N) is 1. The number of aryl methyl sites for hydroxylation is 1. The highest BCUT2D eigenvalue weighted by Crippen LogP contribution is 2.06. The Morgan fingerprint density at radius 3 is 2.76 bits per heavy atom. The van der Waals surface area contributed by atoms with Crippen molar-refractivity contribution in [2.75, 3.05) is 11.9 Å². The minimum Gasteiger partial charge on any atom is -0.325 e. The van der Waals surface area contributed by atoms with E-state index in [0.29, 0.717) is 12.5 Å². The average molecular weight is 235 g/mol. The first kappa shape index (κ1) is 13.6. The summed E-state index contributed by atoms with van der Waals surface area (Å²) in [5, 5.41) is 6.11. The number of pyridine rings is 1. The van der Waals surface area contributed by atoms with Crippen molar-refractivity contribution in [2.24, 2.45) is 0 Å². The number of carbonyl (C=O) groups excluding carboxylic acids is 1. The molecule has 0 spiro atoms. The molecular weight excluding hydrogens is 214 g/mol. The maximum Gasteiger partial charge on any atom is 0.224 e. The smallest absolute Gasteiger partial charge is 0.224 e. The van der Waals surface area contributed by atoms with E-state index >= 15 is 0 Å². The molecule has 0 unspecified atom stereocenters. The van der Waals surface area contributed by atoms with Crippen LogP contribution >= 0.6 is 0 Å². The molecule has 17 heavy (non-hydrogen) atoms. The van der Waals surface area contributed by atoms with Crippen LogP contribution in [-0.2, 0) is 4.79 Å². The van der Waals surface area contributed by atoms with Crippen molar-refractivity contribution in [1.29, 1.82) is 0 Å². The van der Waals surface area contributed by atoms with Crippen LogP contribution in [0.25, 0.3) is 0 Å². The van der Waals surface area contributed by atoms with Gasteiger partial charge in [0, 0.05) is 18.2 Å². The van der Waals surface area contributed by atoms with Gasteiger partial charge in [-0.15, -0.1) is 0 Å². The normalized spacial score (nSPS) is 10.6. The van der Waals surface area contributed by atoms with Crippen molar-refractivity contribution in [3.05, 3.63) is 24.0 Å². The van der Waals surface area contributed by atoms with Crippen LogP contribution in [-0.4, -0.2) is 23.5 Å². The van der Waals surface area contributed by atoms with Gasteiger partial charge in [-0.1, -0.05) is 13.8 Å². The van der Waals surface area contributed by atoms with Gasteiger partial charge in [-0.25, -0.2) is 0 Å². The summed E-state index contributed by atoms with van der Waals surface area (Å²) < 4.78 is 0. The molecule has 0 saturated carbocycles. The lowest BCUT2D eigenvalue weighted by Gasteiger charge is -2.08. The van der Waals surface area contributed by atoms with Crippen molar-refractivity contribution in [2.45, 2.75) is 39.7 Å². The minimum absolute atomic E-state index is 0.0428. The molecule has 0 aliphatic heterocycles. The lowest BCUT2D eigenvalue weighted by molar-refractivity contribution is -0.116. The molecule has 1 amide bonds. The predicted molar refractivity (Wildman–Crippen MR) is 70.0 cm³/mol. The first-order valence-corrected chi connectivity index (χ1v) is 6.04. The van der Waals surface area contributed by atoms with Crippen LogP contribution in [0.4, 0.5) is 5.69 Å². The number of amides is 1. The molecule has 0 aliphatic rings. The molecule has 0 aromatic carbocycles. The zero-order chi connectivity index (χ0) is 12.7. The van der Waals surface area contributed by atoms with Gasteiger partial charge in [-0.05, 0) is 32.0 Å². The number of anilines is 1. The Morgan fingerprint density at radius 2 is 2.18 bits per heavy atom. The third kappa shape index (κ3) is 6.02. The van der Waals surface area contributed by atoms with Gasteiger partial charge < -0.3 is 10.6 Å². The molecule has 4 heteroatoms. The van der Waals surface area contributed by atoms with E-state index in [2.05, 4.69) is 29.5 Å². The molecule has 0 fully saturated rings. The highest BCUT2D eigenvalue weighted by molar-refractivity contribution is 5.90. The summed E-state index contributed by atoms with van der Waals surface area (Å²) in [6.45, 7) is 6.98. The van der Waals surface area contributed by atoms with Crippen molar-refractivity contribution in [3.63, 3.8) is 0 Å². The van der Waals surface area contributed by atoms with Gasteiger partial charge in [0.25, 0.3) is 0 Å². The van der Waals surface area contributed by atoms with Crippen LogP contribution in [0, 0.1) is 6.92 Å². The van der Waals surface area contributed by atoms with Crippen LogP contribution in [0.2, 0.25) is 0 Å². The third-order valence-electron chi connectivity index (χ3n) is 2.33. The molecule has 0 saturated heterocycles. The van der Waals surface area contributed by atoms with Crippen molar-refractivity contribution in [3.8, 4) is 0 Å². The van der Waals surface area contributed by atoms with Gasteiger partial charge >= 0.3 is 0 Å². The van der Waals surface area contributed by atoms with E-state index in [1.54, 1.807) is 6.20 Å². The summed E-state index contributed by atoms with van der Waals surface area (Å²) in [6.07, 6.45) is 3.07. The molecule has 0 atom stereocenters. The molecule has 1 rings (SSSR count). The van der Waals surface area contributed by atoms with Crippen molar-refractivity contribution < 1.29 is 4.79 Å². The summed E-state index contributed by atoms with van der Waals surface area (Å²) >= 11 is 0. The molecule has 94 valence electrons. The molecular formula is C13H21N3O. The van der Waals surface area contributed by atoms with Crippen LogP contribution < -0.4 is 10.6 Å². The summed E-state index contributed by atoms with van der Waals surface area (Å²) in [4.78, 5) is 15.7. The Hall–Kier alpha value is -1.42. The summed E-state index contributed by atoms with van der Waals surface area (Å²) in [6, 6.07) is 4.22. The van der Waals surface area contributed by atoms with Crippen LogP contribution in [0.5, 0.6) is 0 Å². The van der Waals surface area contributed by atoms with Gasteiger partial charge in [0.2, 0.25) is 5.91 Å². The highest BCUT2D eigenvalue weighted by atomic mass is 16.1. The number of carbonyl (C=O) groups is 1. The maximum atomic E-state index is 11.6. The largest absolute Gasteiger partial charge is 0.325 e. The van der Waals surface area contributed by atoms with Gasteiger partial charge in [0.05, 0.1) is 11.9 Å². The number of hydrogen-bond acceptors (Lipinski definition) is 3. The Balaban J connectivity index is 2.23. The fourth-order valence-corrected chi connectivity index (χ4v) is 1.40. The standard InChI is InChI=1S/C13H21N3O/c1-10(2)14-8-4-5-13(17)16-12-7-6-11(3)15-9-12/h6-7,9-10,14H,4-5,8H2,1-3H3,(H,16,17). The lowest BCUT2D eigenvalue weighted by Crippen LogP contribution is -2.24. The third-order valence-corrected chi connectivity index (χ3v) is 2.33. The average Bonchev–Trinajstić information content (AvgIpc) is 2.27.